The second kappa shape index (κ2) is 50.1. The van der Waals surface area contributed by atoms with Gasteiger partial charge >= 0.3 is 11.9 Å². The molecule has 0 fully saturated rings. The summed E-state index contributed by atoms with van der Waals surface area (Å²) >= 11 is 0. The summed E-state index contributed by atoms with van der Waals surface area (Å²) in [7, 11) is 1.11. The van der Waals surface area contributed by atoms with Crippen molar-refractivity contribution in [3.05, 3.63) is 134 Å². The minimum Gasteiger partial charge on any atom is -0.756 e. The number of rotatable bonds is 47. The number of phosphoric ester groups is 1. The number of carbonyl (C=O) groups is 2. The summed E-state index contributed by atoms with van der Waals surface area (Å²) in [5, 5.41) is 0. The first-order chi connectivity index (χ1) is 34.0. The second-order valence-electron chi connectivity index (χ2n) is 18.5. The quantitative estimate of drug-likeness (QED) is 0.0195. The predicted molar refractivity (Wildman–Crippen MR) is 295 cm³/mol. The molecule has 0 N–H and O–H groups in total. The Balaban J connectivity index is 4.34. The van der Waals surface area contributed by atoms with E-state index in [2.05, 4.69) is 148 Å². The van der Waals surface area contributed by atoms with Crippen molar-refractivity contribution in [3.8, 4) is 0 Å². The molecule has 396 valence electrons. The van der Waals surface area contributed by atoms with E-state index < -0.39 is 32.5 Å². The Morgan fingerprint density at radius 1 is 0.443 bits per heavy atom. The van der Waals surface area contributed by atoms with Crippen LogP contribution in [0.1, 0.15) is 181 Å². The van der Waals surface area contributed by atoms with Gasteiger partial charge in [0.25, 0.3) is 7.82 Å². The minimum atomic E-state index is -4.66. The van der Waals surface area contributed by atoms with Crippen LogP contribution < -0.4 is 4.89 Å². The first-order valence-corrected chi connectivity index (χ1v) is 28.4. The van der Waals surface area contributed by atoms with E-state index in [9.17, 15) is 19.0 Å². The van der Waals surface area contributed by atoms with Gasteiger partial charge in [-0.25, -0.2) is 0 Å². The van der Waals surface area contributed by atoms with Gasteiger partial charge in [-0.15, -0.1) is 0 Å². The first kappa shape index (κ1) is 66.2. The smallest absolute Gasteiger partial charge is 0.306 e. The zero-order chi connectivity index (χ0) is 51.3. The fourth-order valence-electron chi connectivity index (χ4n) is 6.57. The predicted octanol–water partition coefficient (Wildman–Crippen LogP) is 15.9. The van der Waals surface area contributed by atoms with Crippen LogP contribution in [0.3, 0.4) is 0 Å². The molecule has 0 saturated carbocycles. The lowest BCUT2D eigenvalue weighted by molar-refractivity contribution is -0.870. The van der Waals surface area contributed by atoms with Crippen molar-refractivity contribution in [1.29, 1.82) is 0 Å². The van der Waals surface area contributed by atoms with E-state index in [0.717, 1.165) is 109 Å². The van der Waals surface area contributed by atoms with Crippen molar-refractivity contribution in [2.24, 2.45) is 0 Å². The van der Waals surface area contributed by atoms with E-state index in [1.165, 1.54) is 32.1 Å². The number of phosphoric acid groups is 1. The fourth-order valence-corrected chi connectivity index (χ4v) is 7.29. The standard InChI is InChI=1S/C60H98NO8P/c1-6-8-10-12-14-16-18-20-22-24-26-28-29-30-31-33-34-36-38-40-42-44-46-48-50-52-59(62)66-56-58(57-68-70(64,65)67-55-54-61(3,4)5)69-60(63)53-51-49-47-45-43-41-39-37-35-32-27-25-23-21-19-17-15-13-11-9-7-2/h8-11,14-17,20-23,26-28,30-32,37,39,43,45,58H,6-7,12-13,18-19,24-25,29,33-36,38,40-42,44,46-57H2,1-5H3/b10-8-,11-9-,16-14-,17-15-,22-20-,23-21-,28-26-,31-30-,32-27-,39-37-,45-43-. The lowest BCUT2D eigenvalue weighted by Gasteiger charge is -2.28. The van der Waals surface area contributed by atoms with Crippen LogP contribution in [0.5, 0.6) is 0 Å². The van der Waals surface area contributed by atoms with E-state index in [1.54, 1.807) is 0 Å². The number of likely N-dealkylation sites (N-methyl/N-ethyl adjacent to an activating group) is 1. The Hall–Kier alpha value is -3.85. The molecule has 0 aliphatic heterocycles. The summed E-state index contributed by atoms with van der Waals surface area (Å²) in [5.41, 5.74) is 0. The maximum Gasteiger partial charge on any atom is 0.306 e. The molecule has 0 aliphatic carbocycles. The topological polar surface area (TPSA) is 111 Å². The van der Waals surface area contributed by atoms with Gasteiger partial charge in [-0.1, -0.05) is 192 Å². The van der Waals surface area contributed by atoms with E-state index >= 15 is 0 Å². The van der Waals surface area contributed by atoms with Gasteiger partial charge in [0.2, 0.25) is 0 Å². The van der Waals surface area contributed by atoms with Crippen LogP contribution in [0, 0.1) is 0 Å². The van der Waals surface area contributed by atoms with Crippen molar-refractivity contribution in [3.63, 3.8) is 0 Å². The maximum atomic E-state index is 12.8. The van der Waals surface area contributed by atoms with Crippen LogP contribution in [0.15, 0.2) is 134 Å². The third-order valence-corrected chi connectivity index (χ3v) is 11.6. The molecule has 0 rings (SSSR count). The number of hydrogen-bond donors (Lipinski definition) is 0. The van der Waals surface area contributed by atoms with Crippen LogP contribution in [0.25, 0.3) is 0 Å². The Morgan fingerprint density at radius 2 is 0.771 bits per heavy atom. The Kier molecular flexibility index (Phi) is 47.3. The molecule has 10 heteroatoms. The fraction of sp³-hybridized carbons (Fsp3) is 0.600. The van der Waals surface area contributed by atoms with Crippen molar-refractivity contribution < 1.29 is 42.1 Å². The molecule has 70 heavy (non-hydrogen) atoms. The van der Waals surface area contributed by atoms with Gasteiger partial charge in [-0.3, -0.25) is 14.2 Å². The van der Waals surface area contributed by atoms with Gasteiger partial charge in [-0.05, 0) is 109 Å². The zero-order valence-electron chi connectivity index (χ0n) is 44.7. The molecule has 0 bridgehead atoms. The van der Waals surface area contributed by atoms with Crippen LogP contribution in [0.2, 0.25) is 0 Å². The molecule has 0 radical (unpaired) electrons. The SMILES string of the molecule is CC/C=C\C/C=C\C/C=C\C/C=C\C/C=C\C/C=C\CCCCC(=O)OC(COC(=O)CCCCCCCCCCC/C=C\C/C=C\C/C=C\C/C=C\C/C=C\CC)COP(=O)([O-])OCC[N+](C)(C)C. The largest absolute Gasteiger partial charge is 0.756 e. The highest BCUT2D eigenvalue weighted by atomic mass is 31.2. The molecule has 0 aromatic rings. The summed E-state index contributed by atoms with van der Waals surface area (Å²) < 4.78 is 34.0. The van der Waals surface area contributed by atoms with Gasteiger partial charge in [0, 0.05) is 12.8 Å². The number of unbranched alkanes of at least 4 members (excludes halogenated alkanes) is 11. The summed E-state index contributed by atoms with van der Waals surface area (Å²) in [6.07, 6.45) is 72.0. The summed E-state index contributed by atoms with van der Waals surface area (Å²) in [6.45, 7) is 3.92. The number of ether oxygens (including phenoxy) is 2. The molecule has 9 nitrogen and oxygen atoms in total. The Labute approximate surface area is 428 Å². The van der Waals surface area contributed by atoms with Crippen LogP contribution in [0.4, 0.5) is 0 Å². The van der Waals surface area contributed by atoms with Crippen molar-refractivity contribution in [2.45, 2.75) is 187 Å². The molecule has 0 spiro atoms. The molecule has 2 atom stereocenters. The number of carbonyl (C=O) groups excluding carboxylic acids is 2. The van der Waals surface area contributed by atoms with E-state index in [-0.39, 0.29) is 26.1 Å². The number of allylic oxidation sites excluding steroid dienone is 22. The lowest BCUT2D eigenvalue weighted by atomic mass is 10.1. The average molecular weight is 992 g/mol. The van der Waals surface area contributed by atoms with E-state index in [4.69, 9.17) is 18.5 Å². The molecular weight excluding hydrogens is 894 g/mol. The van der Waals surface area contributed by atoms with Crippen molar-refractivity contribution in [2.75, 3.05) is 47.5 Å². The molecule has 0 heterocycles. The second-order valence-corrected chi connectivity index (χ2v) is 19.9. The molecule has 0 aliphatic rings. The maximum absolute atomic E-state index is 12.8. The van der Waals surface area contributed by atoms with Crippen LogP contribution in [-0.2, 0) is 32.7 Å². The molecule has 0 aromatic carbocycles. The Morgan fingerprint density at radius 3 is 1.17 bits per heavy atom. The highest BCUT2D eigenvalue weighted by Crippen LogP contribution is 2.38. The molecule has 0 aromatic heterocycles. The number of quaternary nitrogens is 1. The Bertz CT molecular complexity index is 1640. The normalized spacial score (nSPS) is 14.4. The molecule has 0 amide bonds. The summed E-state index contributed by atoms with van der Waals surface area (Å²) in [4.78, 5) is 37.8. The highest BCUT2D eigenvalue weighted by molar-refractivity contribution is 7.45. The third-order valence-electron chi connectivity index (χ3n) is 10.7. The lowest BCUT2D eigenvalue weighted by Crippen LogP contribution is -2.37. The number of esters is 2. The molecule has 0 saturated heterocycles. The summed E-state index contributed by atoms with van der Waals surface area (Å²) in [6, 6.07) is 0. The van der Waals surface area contributed by atoms with Gasteiger partial charge in [0.1, 0.15) is 19.8 Å². The monoisotopic (exact) mass is 992 g/mol. The van der Waals surface area contributed by atoms with Crippen LogP contribution in [-0.4, -0.2) is 70.0 Å². The summed E-state index contributed by atoms with van der Waals surface area (Å²) in [5.74, 6) is -0.904. The van der Waals surface area contributed by atoms with Gasteiger partial charge in [0.15, 0.2) is 6.10 Å². The highest BCUT2D eigenvalue weighted by Gasteiger charge is 2.21. The van der Waals surface area contributed by atoms with Gasteiger partial charge in [-0.2, -0.15) is 0 Å². The van der Waals surface area contributed by atoms with E-state index in [0.29, 0.717) is 23.9 Å². The van der Waals surface area contributed by atoms with Crippen molar-refractivity contribution >= 4 is 19.8 Å². The third kappa shape index (κ3) is 53.5. The molecule has 2 unspecified atom stereocenters. The van der Waals surface area contributed by atoms with Crippen LogP contribution >= 0.6 is 7.82 Å². The van der Waals surface area contributed by atoms with Crippen molar-refractivity contribution in [1.82, 2.24) is 0 Å². The first-order valence-electron chi connectivity index (χ1n) is 26.9. The minimum absolute atomic E-state index is 0.0487. The number of hydrogen-bond acceptors (Lipinski definition) is 8. The van der Waals surface area contributed by atoms with Gasteiger partial charge in [0.05, 0.1) is 27.7 Å². The molecular formula is C60H98NO8P. The van der Waals surface area contributed by atoms with E-state index in [1.807, 2.05) is 21.1 Å². The average Bonchev–Trinajstić information content (AvgIpc) is 3.32. The number of nitrogens with zero attached hydrogens (tertiary/aromatic N) is 1. The zero-order valence-corrected chi connectivity index (χ0v) is 45.5. The van der Waals surface area contributed by atoms with Gasteiger partial charge < -0.3 is 27.9 Å².